The highest BCUT2D eigenvalue weighted by atomic mass is 32.2. The van der Waals surface area contributed by atoms with Gasteiger partial charge in [0.05, 0.1) is 12.6 Å². The van der Waals surface area contributed by atoms with Crippen LogP contribution in [0.25, 0.3) is 0 Å². The van der Waals surface area contributed by atoms with Crippen molar-refractivity contribution in [1.29, 1.82) is 0 Å². The van der Waals surface area contributed by atoms with Crippen LogP contribution in [0.5, 0.6) is 11.5 Å². The summed E-state index contributed by atoms with van der Waals surface area (Å²) in [5.74, 6) is 2.01. The van der Waals surface area contributed by atoms with Gasteiger partial charge in [-0.05, 0) is 48.9 Å². The third-order valence-corrected chi connectivity index (χ3v) is 6.68. The molecule has 0 radical (unpaired) electrons. The quantitative estimate of drug-likeness (QED) is 0.374. The normalized spacial score (nSPS) is 16.6. The van der Waals surface area contributed by atoms with Gasteiger partial charge in [-0.25, -0.2) is 4.68 Å². The van der Waals surface area contributed by atoms with E-state index in [-0.39, 0.29) is 18.6 Å². The van der Waals surface area contributed by atoms with Crippen LogP contribution in [0.3, 0.4) is 0 Å². The van der Waals surface area contributed by atoms with Gasteiger partial charge in [-0.1, -0.05) is 60.3 Å². The molecule has 1 aliphatic heterocycles. The summed E-state index contributed by atoms with van der Waals surface area (Å²) in [5.41, 5.74) is 5.14. The molecule has 178 valence electrons. The summed E-state index contributed by atoms with van der Waals surface area (Å²) in [7, 11) is 0. The number of fused-ring (bicyclic) bond motifs is 1. The Morgan fingerprint density at radius 1 is 0.943 bits per heavy atom. The van der Waals surface area contributed by atoms with Crippen molar-refractivity contribution in [3.8, 4) is 11.5 Å². The fourth-order valence-corrected chi connectivity index (χ4v) is 4.88. The molecule has 0 spiro atoms. The van der Waals surface area contributed by atoms with Gasteiger partial charge in [0, 0.05) is 5.69 Å². The first-order valence-electron chi connectivity index (χ1n) is 11.4. The maximum Gasteiger partial charge on any atom is 0.240 e. The number of rotatable bonds is 8. The van der Waals surface area contributed by atoms with Gasteiger partial charge in [-0.3, -0.25) is 4.79 Å². The Balaban J connectivity index is 1.37. The molecule has 8 nitrogen and oxygen atoms in total. The lowest BCUT2D eigenvalue weighted by Gasteiger charge is -2.33. The summed E-state index contributed by atoms with van der Waals surface area (Å²) >= 11 is 1.38. The Labute approximate surface area is 207 Å². The molecule has 2 N–H and O–H groups in total. The van der Waals surface area contributed by atoms with Gasteiger partial charge < -0.3 is 20.2 Å². The summed E-state index contributed by atoms with van der Waals surface area (Å²) in [4.78, 5) is 13.4. The van der Waals surface area contributed by atoms with Crippen molar-refractivity contribution in [2.75, 3.05) is 17.3 Å². The highest BCUT2D eigenvalue weighted by molar-refractivity contribution is 8.00. The van der Waals surface area contributed by atoms with Crippen molar-refractivity contribution in [2.24, 2.45) is 0 Å². The fourth-order valence-electron chi connectivity index (χ4n) is 3.78. The molecular formula is C26H25N5O3S. The Morgan fingerprint density at radius 2 is 1.63 bits per heavy atom. The maximum absolute atomic E-state index is 13.4. The van der Waals surface area contributed by atoms with Gasteiger partial charge >= 0.3 is 0 Å². The second-order valence-electron chi connectivity index (χ2n) is 7.84. The maximum atomic E-state index is 13.4. The first kappa shape index (κ1) is 22.8. The predicted octanol–water partition coefficient (Wildman–Crippen LogP) is 4.65. The number of ether oxygens (including phenoxy) is 2. The monoisotopic (exact) mass is 487 g/mol. The molecule has 3 aromatic carbocycles. The van der Waals surface area contributed by atoms with E-state index in [0.29, 0.717) is 23.3 Å². The lowest BCUT2D eigenvalue weighted by molar-refractivity contribution is -0.116. The van der Waals surface area contributed by atoms with Gasteiger partial charge in [0.2, 0.25) is 11.1 Å². The SMILES string of the molecule is CCOc1ccc(NC(=O)C2Sc3nnc(COc4ccccc4)n3NC2c2ccccc2)cc1. The smallest absolute Gasteiger partial charge is 0.240 e. The molecule has 0 saturated carbocycles. The molecule has 2 unspecified atom stereocenters. The third-order valence-electron chi connectivity index (χ3n) is 5.46. The third kappa shape index (κ3) is 5.25. The van der Waals surface area contributed by atoms with E-state index in [9.17, 15) is 4.79 Å². The minimum absolute atomic E-state index is 0.128. The van der Waals surface area contributed by atoms with Crippen LogP contribution in [0.1, 0.15) is 24.4 Å². The van der Waals surface area contributed by atoms with Crippen molar-refractivity contribution < 1.29 is 14.3 Å². The van der Waals surface area contributed by atoms with Crippen LogP contribution in [0, 0.1) is 0 Å². The minimum atomic E-state index is -0.469. The average molecular weight is 488 g/mol. The summed E-state index contributed by atoms with van der Waals surface area (Å²) in [6, 6.07) is 26.5. The largest absolute Gasteiger partial charge is 0.494 e. The number of hydrogen-bond donors (Lipinski definition) is 2. The van der Waals surface area contributed by atoms with Gasteiger partial charge in [0.1, 0.15) is 23.4 Å². The number of aromatic nitrogens is 3. The molecule has 35 heavy (non-hydrogen) atoms. The zero-order valence-electron chi connectivity index (χ0n) is 19.1. The minimum Gasteiger partial charge on any atom is -0.494 e. The molecule has 2 heterocycles. The zero-order valence-corrected chi connectivity index (χ0v) is 19.9. The molecule has 0 saturated heterocycles. The van der Waals surface area contributed by atoms with Crippen molar-refractivity contribution in [3.05, 3.63) is 96.3 Å². The second kappa shape index (κ2) is 10.5. The standard InChI is InChI=1S/C26H25N5O3S/c1-2-33-21-15-13-19(14-16-21)27-25(32)24-23(18-9-5-3-6-10-18)30-31-22(28-29-26(31)35-24)17-34-20-11-7-4-8-12-20/h3-16,23-24,30H,2,17H2,1H3,(H,27,32). The van der Waals surface area contributed by atoms with E-state index < -0.39 is 5.25 Å². The number of para-hydroxylation sites is 1. The number of anilines is 1. The van der Waals surface area contributed by atoms with Gasteiger partial charge in [-0.2, -0.15) is 0 Å². The zero-order chi connectivity index (χ0) is 24.0. The number of hydrogen-bond acceptors (Lipinski definition) is 7. The van der Waals surface area contributed by atoms with E-state index in [4.69, 9.17) is 9.47 Å². The van der Waals surface area contributed by atoms with E-state index in [1.54, 1.807) is 0 Å². The lowest BCUT2D eigenvalue weighted by atomic mass is 10.0. The number of amides is 1. The molecule has 0 aliphatic carbocycles. The molecule has 1 amide bonds. The number of thioether (sulfide) groups is 1. The van der Waals surface area contributed by atoms with Crippen LogP contribution in [0.2, 0.25) is 0 Å². The number of nitrogens with one attached hydrogen (secondary N) is 2. The van der Waals surface area contributed by atoms with Crippen LogP contribution in [-0.2, 0) is 11.4 Å². The molecular weight excluding hydrogens is 462 g/mol. The molecule has 1 aromatic heterocycles. The Kier molecular flexibility index (Phi) is 6.85. The Hall–Kier alpha value is -3.98. The van der Waals surface area contributed by atoms with E-state index in [1.807, 2.05) is 96.5 Å². The van der Waals surface area contributed by atoms with Crippen LogP contribution in [0.15, 0.2) is 90.1 Å². The molecule has 0 bridgehead atoms. The van der Waals surface area contributed by atoms with E-state index in [1.165, 1.54) is 11.8 Å². The van der Waals surface area contributed by atoms with Crippen LogP contribution < -0.4 is 20.2 Å². The molecule has 9 heteroatoms. The summed E-state index contributed by atoms with van der Waals surface area (Å²) < 4.78 is 13.2. The molecule has 1 aliphatic rings. The van der Waals surface area contributed by atoms with Crippen molar-refractivity contribution in [3.63, 3.8) is 0 Å². The first-order valence-corrected chi connectivity index (χ1v) is 12.2. The molecule has 4 aromatic rings. The number of carbonyl (C=O) groups excluding carboxylic acids is 1. The highest BCUT2D eigenvalue weighted by Gasteiger charge is 2.38. The summed E-state index contributed by atoms with van der Waals surface area (Å²) in [6.45, 7) is 2.77. The molecule has 5 rings (SSSR count). The van der Waals surface area contributed by atoms with Crippen LogP contribution in [0.4, 0.5) is 5.69 Å². The average Bonchev–Trinajstić information content (AvgIpc) is 3.31. The van der Waals surface area contributed by atoms with Gasteiger partial charge in [0.15, 0.2) is 5.82 Å². The van der Waals surface area contributed by atoms with Crippen molar-refractivity contribution in [2.45, 2.75) is 30.0 Å². The van der Waals surface area contributed by atoms with E-state index in [0.717, 1.165) is 17.1 Å². The topological polar surface area (TPSA) is 90.3 Å². The predicted molar refractivity (Wildman–Crippen MR) is 135 cm³/mol. The first-order chi connectivity index (χ1) is 17.2. The van der Waals surface area contributed by atoms with Gasteiger partial charge in [0.25, 0.3) is 0 Å². The van der Waals surface area contributed by atoms with Crippen LogP contribution in [-0.4, -0.2) is 32.6 Å². The summed E-state index contributed by atoms with van der Waals surface area (Å²) in [5, 5.41) is 11.8. The Bertz CT molecular complexity index is 1270. The second-order valence-corrected chi connectivity index (χ2v) is 8.95. The number of nitrogens with zero attached hydrogens (tertiary/aromatic N) is 3. The van der Waals surface area contributed by atoms with Crippen LogP contribution >= 0.6 is 11.8 Å². The fraction of sp³-hybridized carbons (Fsp3) is 0.192. The Morgan fingerprint density at radius 3 is 2.34 bits per heavy atom. The lowest BCUT2D eigenvalue weighted by Crippen LogP contribution is -2.41. The summed E-state index contributed by atoms with van der Waals surface area (Å²) in [6.07, 6.45) is 0. The highest BCUT2D eigenvalue weighted by Crippen LogP contribution is 2.37. The van der Waals surface area contributed by atoms with Crippen molar-refractivity contribution >= 4 is 23.4 Å². The number of carbonyl (C=O) groups is 1. The molecule has 0 fully saturated rings. The van der Waals surface area contributed by atoms with Crippen molar-refractivity contribution in [1.82, 2.24) is 14.9 Å². The molecule has 2 atom stereocenters. The number of benzene rings is 3. The van der Waals surface area contributed by atoms with Gasteiger partial charge in [-0.15, -0.1) is 10.2 Å². The van der Waals surface area contributed by atoms with E-state index >= 15 is 0 Å². The van der Waals surface area contributed by atoms with E-state index in [2.05, 4.69) is 20.9 Å².